The molecular weight excluding hydrogens is 269 g/mol. The first-order chi connectivity index (χ1) is 8.79. The van der Waals surface area contributed by atoms with Gasteiger partial charge in [-0.2, -0.15) is 5.10 Å². The highest BCUT2D eigenvalue weighted by Crippen LogP contribution is 2.23. The van der Waals surface area contributed by atoms with Crippen LogP contribution in [0.15, 0.2) is 42.7 Å². The van der Waals surface area contributed by atoms with E-state index in [2.05, 4.69) is 10.1 Å². The Labute approximate surface area is 114 Å². The molecule has 90 valence electrons. The summed E-state index contributed by atoms with van der Waals surface area (Å²) >= 11 is 12.0. The predicted molar refractivity (Wildman–Crippen MR) is 73.4 cm³/mol. The van der Waals surface area contributed by atoms with Crippen molar-refractivity contribution in [3.8, 4) is 5.82 Å². The molecule has 0 fully saturated rings. The van der Waals surface area contributed by atoms with Gasteiger partial charge in [-0.05, 0) is 17.7 Å². The predicted octanol–water partition coefficient (Wildman–Crippen LogP) is 3.81. The number of alkyl halides is 1. The molecule has 5 heteroatoms. The van der Waals surface area contributed by atoms with Gasteiger partial charge in [0.05, 0.1) is 16.7 Å². The van der Waals surface area contributed by atoms with Crippen molar-refractivity contribution in [3.63, 3.8) is 0 Å². The van der Waals surface area contributed by atoms with Gasteiger partial charge in [-0.3, -0.25) is 0 Å². The SMILES string of the molecule is ClCc1cnc(-n2ncc3ccccc32)c(Cl)c1. The van der Waals surface area contributed by atoms with Crippen LogP contribution in [0.1, 0.15) is 5.56 Å². The Hall–Kier alpha value is -1.58. The maximum absolute atomic E-state index is 6.22. The van der Waals surface area contributed by atoms with Crippen LogP contribution in [0.5, 0.6) is 0 Å². The summed E-state index contributed by atoms with van der Waals surface area (Å²) in [6.45, 7) is 0. The van der Waals surface area contributed by atoms with Gasteiger partial charge in [0.1, 0.15) is 0 Å². The highest BCUT2D eigenvalue weighted by molar-refractivity contribution is 6.32. The molecule has 0 aliphatic carbocycles. The summed E-state index contributed by atoms with van der Waals surface area (Å²) < 4.78 is 1.73. The van der Waals surface area contributed by atoms with E-state index in [1.165, 1.54) is 0 Å². The minimum atomic E-state index is 0.396. The third-order valence-corrected chi connectivity index (χ3v) is 3.30. The molecule has 1 aromatic carbocycles. The number of benzene rings is 1. The first-order valence-electron chi connectivity index (χ1n) is 5.43. The summed E-state index contributed by atoms with van der Waals surface area (Å²) in [6.07, 6.45) is 3.51. The minimum absolute atomic E-state index is 0.396. The number of hydrogen-bond acceptors (Lipinski definition) is 2. The third-order valence-electron chi connectivity index (χ3n) is 2.71. The second kappa shape index (κ2) is 4.59. The highest BCUT2D eigenvalue weighted by atomic mass is 35.5. The maximum atomic E-state index is 6.22. The Morgan fingerprint density at radius 2 is 2.00 bits per heavy atom. The van der Waals surface area contributed by atoms with Crippen LogP contribution in [0, 0.1) is 0 Å². The normalized spacial score (nSPS) is 11.0. The number of nitrogens with zero attached hydrogens (tertiary/aromatic N) is 3. The lowest BCUT2D eigenvalue weighted by Crippen LogP contribution is -2.00. The first-order valence-corrected chi connectivity index (χ1v) is 6.34. The van der Waals surface area contributed by atoms with Crippen molar-refractivity contribution < 1.29 is 0 Å². The molecule has 0 N–H and O–H groups in total. The molecule has 0 atom stereocenters. The highest BCUT2D eigenvalue weighted by Gasteiger charge is 2.09. The van der Waals surface area contributed by atoms with Gasteiger partial charge in [0, 0.05) is 17.5 Å². The lowest BCUT2D eigenvalue weighted by Gasteiger charge is -2.06. The maximum Gasteiger partial charge on any atom is 0.172 e. The second-order valence-corrected chi connectivity index (χ2v) is 4.57. The molecule has 0 saturated heterocycles. The molecule has 0 aliphatic heterocycles. The van der Waals surface area contributed by atoms with Crippen LogP contribution in [-0.4, -0.2) is 14.8 Å². The Bertz CT molecular complexity index is 706. The minimum Gasteiger partial charge on any atom is -0.235 e. The zero-order valence-electron chi connectivity index (χ0n) is 9.35. The quantitative estimate of drug-likeness (QED) is 0.667. The van der Waals surface area contributed by atoms with Crippen molar-refractivity contribution in [3.05, 3.63) is 53.3 Å². The van der Waals surface area contributed by atoms with Gasteiger partial charge in [0.2, 0.25) is 0 Å². The van der Waals surface area contributed by atoms with E-state index in [-0.39, 0.29) is 0 Å². The third kappa shape index (κ3) is 1.85. The smallest absolute Gasteiger partial charge is 0.172 e. The number of fused-ring (bicyclic) bond motifs is 1. The Morgan fingerprint density at radius 1 is 1.17 bits per heavy atom. The van der Waals surface area contributed by atoms with Crippen molar-refractivity contribution in [1.29, 1.82) is 0 Å². The fourth-order valence-corrected chi connectivity index (χ4v) is 2.25. The lowest BCUT2D eigenvalue weighted by molar-refractivity contribution is 0.872. The van der Waals surface area contributed by atoms with Crippen LogP contribution < -0.4 is 0 Å². The molecule has 3 nitrogen and oxygen atoms in total. The van der Waals surface area contributed by atoms with E-state index in [4.69, 9.17) is 23.2 Å². The summed E-state index contributed by atoms with van der Waals surface area (Å²) in [5, 5.41) is 5.91. The van der Waals surface area contributed by atoms with Gasteiger partial charge < -0.3 is 0 Å². The Morgan fingerprint density at radius 3 is 2.78 bits per heavy atom. The van der Waals surface area contributed by atoms with Crippen LogP contribution in [0.2, 0.25) is 5.02 Å². The van der Waals surface area contributed by atoms with E-state index in [1.807, 2.05) is 30.3 Å². The molecule has 2 aromatic heterocycles. The molecule has 3 aromatic rings. The van der Waals surface area contributed by atoms with E-state index in [1.54, 1.807) is 17.1 Å². The van der Waals surface area contributed by atoms with Crippen molar-refractivity contribution in [1.82, 2.24) is 14.8 Å². The van der Waals surface area contributed by atoms with Gasteiger partial charge in [0.25, 0.3) is 0 Å². The molecular formula is C13H9Cl2N3. The molecule has 0 unspecified atom stereocenters. The summed E-state index contributed by atoms with van der Waals surface area (Å²) in [6, 6.07) is 9.73. The molecule has 0 aliphatic rings. The number of hydrogen-bond donors (Lipinski definition) is 0. The molecule has 3 rings (SSSR count). The summed E-state index contributed by atoms with van der Waals surface area (Å²) in [5.74, 6) is 1.01. The lowest BCUT2D eigenvalue weighted by atomic mass is 10.2. The first kappa shape index (κ1) is 11.5. The largest absolute Gasteiger partial charge is 0.235 e. The van der Waals surface area contributed by atoms with Crippen molar-refractivity contribution in [2.75, 3.05) is 0 Å². The van der Waals surface area contributed by atoms with Crippen molar-refractivity contribution in [2.45, 2.75) is 5.88 Å². The van der Waals surface area contributed by atoms with Gasteiger partial charge in [-0.25, -0.2) is 9.67 Å². The zero-order valence-corrected chi connectivity index (χ0v) is 10.9. The van der Waals surface area contributed by atoms with E-state index < -0.39 is 0 Å². The monoisotopic (exact) mass is 277 g/mol. The number of aromatic nitrogens is 3. The molecule has 18 heavy (non-hydrogen) atoms. The average molecular weight is 278 g/mol. The van der Waals surface area contributed by atoms with E-state index in [0.717, 1.165) is 16.5 Å². The second-order valence-electron chi connectivity index (χ2n) is 3.90. The summed E-state index contributed by atoms with van der Waals surface area (Å²) in [4.78, 5) is 4.33. The van der Waals surface area contributed by atoms with Crippen molar-refractivity contribution in [2.24, 2.45) is 0 Å². The van der Waals surface area contributed by atoms with E-state index in [0.29, 0.717) is 16.7 Å². The summed E-state index contributed by atoms with van der Waals surface area (Å²) in [7, 11) is 0. The van der Waals surface area contributed by atoms with Crippen molar-refractivity contribution >= 4 is 34.1 Å². The van der Waals surface area contributed by atoms with Crippen LogP contribution in [0.4, 0.5) is 0 Å². The molecule has 2 heterocycles. The van der Waals surface area contributed by atoms with E-state index >= 15 is 0 Å². The van der Waals surface area contributed by atoms with Crippen LogP contribution in [-0.2, 0) is 5.88 Å². The van der Waals surface area contributed by atoms with Crippen LogP contribution in [0.3, 0.4) is 0 Å². The molecule has 0 bridgehead atoms. The number of rotatable bonds is 2. The topological polar surface area (TPSA) is 30.7 Å². The average Bonchev–Trinajstić information content (AvgIpc) is 2.82. The van der Waals surface area contributed by atoms with Gasteiger partial charge in [0.15, 0.2) is 5.82 Å². The summed E-state index contributed by atoms with van der Waals surface area (Å²) in [5.41, 5.74) is 1.87. The molecule has 0 radical (unpaired) electrons. The fourth-order valence-electron chi connectivity index (χ4n) is 1.84. The van der Waals surface area contributed by atoms with Gasteiger partial charge >= 0.3 is 0 Å². The molecule has 0 amide bonds. The number of para-hydroxylation sites is 1. The van der Waals surface area contributed by atoms with Gasteiger partial charge in [-0.1, -0.05) is 29.8 Å². The number of halogens is 2. The molecule has 0 saturated carbocycles. The Kier molecular flexibility index (Phi) is 2.94. The van der Waals surface area contributed by atoms with E-state index in [9.17, 15) is 0 Å². The number of pyridine rings is 1. The molecule has 0 spiro atoms. The van der Waals surface area contributed by atoms with Gasteiger partial charge in [-0.15, -0.1) is 11.6 Å². The Balaban J connectivity index is 2.20. The fraction of sp³-hybridized carbons (Fsp3) is 0.0769. The standard InChI is InChI=1S/C13H9Cl2N3/c14-6-9-5-11(15)13(16-7-9)18-12-4-2-1-3-10(12)8-17-18/h1-5,7-8H,6H2. The van der Waals surface area contributed by atoms with Crippen LogP contribution in [0.25, 0.3) is 16.7 Å². The zero-order chi connectivity index (χ0) is 12.5. The van der Waals surface area contributed by atoms with Crippen LogP contribution >= 0.6 is 23.2 Å².